The van der Waals surface area contributed by atoms with Crippen molar-refractivity contribution in [3.05, 3.63) is 113 Å². The number of halogens is 1. The van der Waals surface area contributed by atoms with Crippen molar-refractivity contribution in [3.8, 4) is 5.75 Å². The van der Waals surface area contributed by atoms with Crippen molar-refractivity contribution in [1.82, 2.24) is 10.2 Å². The van der Waals surface area contributed by atoms with Gasteiger partial charge in [0.05, 0.1) is 0 Å². The van der Waals surface area contributed by atoms with Crippen LogP contribution in [0.5, 0.6) is 5.75 Å². The number of rotatable bonds is 12. The second-order valence-corrected chi connectivity index (χ2v) is 10.2. The number of nitrogens with one attached hydrogen (secondary N) is 1. The molecule has 4 rings (SSSR count). The lowest BCUT2D eigenvalue weighted by atomic mass is 10.0. The third-order valence-electron chi connectivity index (χ3n) is 6.44. The number of hydrogen-bond acceptors (Lipinski definition) is 3. The number of nitrogens with zero attached hydrogens (tertiary/aromatic N) is 1. The summed E-state index contributed by atoms with van der Waals surface area (Å²) in [5.41, 5.74) is 1.92. The molecule has 0 aliphatic rings. The molecule has 0 spiro atoms. The average molecular weight is 574 g/mol. The fourth-order valence-electron chi connectivity index (χ4n) is 4.44. The summed E-state index contributed by atoms with van der Waals surface area (Å²) in [6.07, 6.45) is 2.27. The van der Waals surface area contributed by atoms with Gasteiger partial charge in [0.25, 0.3) is 5.91 Å². The summed E-state index contributed by atoms with van der Waals surface area (Å²) in [6, 6.07) is 30.7. The minimum atomic E-state index is -0.683. The molecule has 5 nitrogen and oxygen atoms in total. The molecule has 4 aromatic carbocycles. The lowest BCUT2D eigenvalue weighted by Gasteiger charge is -2.31. The Labute approximate surface area is 232 Å². The molecule has 1 N–H and O–H groups in total. The van der Waals surface area contributed by atoms with Crippen LogP contribution >= 0.6 is 15.9 Å². The SMILES string of the molecule is CCCCNC(=O)[C@@H](Cc1ccccc1)N(Cc1cccc(Br)c1)C(=O)COc1cccc2ccccc12. The number of ether oxygens (including phenoxy) is 1. The minimum absolute atomic E-state index is 0.157. The van der Waals surface area contributed by atoms with Crippen LogP contribution in [0.4, 0.5) is 0 Å². The van der Waals surface area contributed by atoms with Gasteiger partial charge in [0.2, 0.25) is 5.91 Å². The van der Waals surface area contributed by atoms with E-state index in [9.17, 15) is 9.59 Å². The van der Waals surface area contributed by atoms with Gasteiger partial charge in [0.15, 0.2) is 6.61 Å². The number of carbonyl (C=O) groups is 2. The summed E-state index contributed by atoms with van der Waals surface area (Å²) < 4.78 is 6.99. The third-order valence-corrected chi connectivity index (χ3v) is 6.94. The molecule has 0 aliphatic heterocycles. The Bertz CT molecular complexity index is 1350. The van der Waals surface area contributed by atoms with Gasteiger partial charge >= 0.3 is 0 Å². The molecule has 196 valence electrons. The van der Waals surface area contributed by atoms with Crippen LogP contribution in [0.25, 0.3) is 10.8 Å². The second-order valence-electron chi connectivity index (χ2n) is 9.27. The highest BCUT2D eigenvalue weighted by Crippen LogP contribution is 2.25. The first-order valence-electron chi connectivity index (χ1n) is 13.0. The van der Waals surface area contributed by atoms with E-state index < -0.39 is 6.04 Å². The van der Waals surface area contributed by atoms with Gasteiger partial charge in [-0.05, 0) is 41.1 Å². The van der Waals surface area contributed by atoms with Crippen molar-refractivity contribution in [3.63, 3.8) is 0 Å². The number of hydrogen-bond donors (Lipinski definition) is 1. The van der Waals surface area contributed by atoms with Crippen LogP contribution in [0.15, 0.2) is 102 Å². The Morgan fingerprint density at radius 2 is 1.61 bits per heavy atom. The predicted molar refractivity (Wildman–Crippen MR) is 156 cm³/mol. The van der Waals surface area contributed by atoms with Gasteiger partial charge in [-0.25, -0.2) is 0 Å². The van der Waals surface area contributed by atoms with Crippen molar-refractivity contribution < 1.29 is 14.3 Å². The van der Waals surface area contributed by atoms with Crippen molar-refractivity contribution in [2.24, 2.45) is 0 Å². The molecule has 0 heterocycles. The molecule has 2 amide bonds. The zero-order valence-electron chi connectivity index (χ0n) is 21.6. The molecule has 0 unspecified atom stereocenters. The maximum absolute atomic E-state index is 13.8. The molecule has 1 atom stereocenters. The van der Waals surface area contributed by atoms with Crippen LogP contribution in [0.2, 0.25) is 0 Å². The highest BCUT2D eigenvalue weighted by atomic mass is 79.9. The molecule has 0 aromatic heterocycles. The van der Waals surface area contributed by atoms with E-state index >= 15 is 0 Å². The molecular weight excluding hydrogens is 540 g/mol. The van der Waals surface area contributed by atoms with Gasteiger partial charge < -0.3 is 15.0 Å². The summed E-state index contributed by atoms with van der Waals surface area (Å²) in [4.78, 5) is 29.0. The lowest BCUT2D eigenvalue weighted by molar-refractivity contribution is -0.142. The van der Waals surface area contributed by atoms with Crippen molar-refractivity contribution in [1.29, 1.82) is 0 Å². The first-order chi connectivity index (χ1) is 18.5. The normalized spacial score (nSPS) is 11.6. The highest BCUT2D eigenvalue weighted by molar-refractivity contribution is 9.10. The fourth-order valence-corrected chi connectivity index (χ4v) is 4.88. The summed E-state index contributed by atoms with van der Waals surface area (Å²) >= 11 is 3.53. The molecule has 38 heavy (non-hydrogen) atoms. The Hall–Kier alpha value is -3.64. The number of unbranched alkanes of at least 4 members (excludes halogenated alkanes) is 1. The van der Waals surface area contributed by atoms with Crippen molar-refractivity contribution in [2.45, 2.75) is 38.8 Å². The fraction of sp³-hybridized carbons (Fsp3) is 0.250. The molecule has 4 aromatic rings. The average Bonchev–Trinajstić information content (AvgIpc) is 2.94. The van der Waals surface area contributed by atoms with E-state index in [4.69, 9.17) is 4.74 Å². The third kappa shape index (κ3) is 7.45. The van der Waals surface area contributed by atoms with Gasteiger partial charge in [0, 0.05) is 29.4 Å². The summed E-state index contributed by atoms with van der Waals surface area (Å²) in [6.45, 7) is 2.78. The van der Waals surface area contributed by atoms with Crippen LogP contribution in [0.1, 0.15) is 30.9 Å². The van der Waals surface area contributed by atoms with E-state index in [0.717, 1.165) is 39.2 Å². The smallest absolute Gasteiger partial charge is 0.261 e. The Morgan fingerprint density at radius 3 is 2.39 bits per heavy atom. The molecule has 0 saturated carbocycles. The molecule has 0 saturated heterocycles. The van der Waals surface area contributed by atoms with E-state index in [1.165, 1.54) is 0 Å². The number of fused-ring (bicyclic) bond motifs is 1. The molecule has 6 heteroatoms. The zero-order valence-corrected chi connectivity index (χ0v) is 23.2. The Balaban J connectivity index is 1.63. The zero-order chi connectivity index (χ0) is 26.7. The van der Waals surface area contributed by atoms with Crippen LogP contribution in [-0.2, 0) is 22.6 Å². The topological polar surface area (TPSA) is 58.6 Å². The van der Waals surface area contributed by atoms with Crippen LogP contribution < -0.4 is 10.1 Å². The van der Waals surface area contributed by atoms with Crippen LogP contribution in [-0.4, -0.2) is 35.9 Å². The van der Waals surface area contributed by atoms with Gasteiger partial charge in [-0.2, -0.15) is 0 Å². The maximum atomic E-state index is 13.8. The largest absolute Gasteiger partial charge is 0.483 e. The Kier molecular flexibility index (Phi) is 9.93. The first-order valence-corrected chi connectivity index (χ1v) is 13.8. The first kappa shape index (κ1) is 27.4. The minimum Gasteiger partial charge on any atom is -0.483 e. The maximum Gasteiger partial charge on any atom is 0.261 e. The molecule has 0 radical (unpaired) electrons. The van der Waals surface area contributed by atoms with Gasteiger partial charge in [-0.1, -0.05) is 108 Å². The molecule has 0 aliphatic carbocycles. The standard InChI is InChI=1S/C32H33BrN2O3/c1-2-3-19-34-32(37)29(21-24-11-5-4-6-12-24)35(22-25-13-9-16-27(33)20-25)31(36)23-38-30-18-10-15-26-14-7-8-17-28(26)30/h4-18,20,29H,2-3,19,21-23H2,1H3,(H,34,37)/t29-/m1/s1. The Morgan fingerprint density at radius 1 is 0.895 bits per heavy atom. The predicted octanol–water partition coefficient (Wildman–Crippen LogP) is 6.54. The van der Waals surface area contributed by atoms with E-state index in [0.29, 0.717) is 18.7 Å². The highest BCUT2D eigenvalue weighted by Gasteiger charge is 2.30. The monoisotopic (exact) mass is 572 g/mol. The van der Waals surface area contributed by atoms with Crippen molar-refractivity contribution in [2.75, 3.05) is 13.2 Å². The number of amides is 2. The van der Waals surface area contributed by atoms with Gasteiger partial charge in [0.1, 0.15) is 11.8 Å². The quantitative estimate of drug-likeness (QED) is 0.196. The van der Waals surface area contributed by atoms with Crippen molar-refractivity contribution >= 4 is 38.5 Å². The lowest BCUT2D eigenvalue weighted by Crippen LogP contribution is -2.51. The summed E-state index contributed by atoms with van der Waals surface area (Å²) in [7, 11) is 0. The molecular formula is C32H33BrN2O3. The van der Waals surface area contributed by atoms with Gasteiger partial charge in [-0.15, -0.1) is 0 Å². The van der Waals surface area contributed by atoms with Crippen LogP contribution in [0.3, 0.4) is 0 Å². The van der Waals surface area contributed by atoms with E-state index in [2.05, 4.69) is 28.2 Å². The number of carbonyl (C=O) groups excluding carboxylic acids is 2. The number of benzene rings is 4. The molecule has 0 fully saturated rings. The second kappa shape index (κ2) is 13.8. The van der Waals surface area contributed by atoms with E-state index in [1.54, 1.807) is 4.90 Å². The molecule has 0 bridgehead atoms. The summed E-state index contributed by atoms with van der Waals surface area (Å²) in [5.74, 6) is 0.242. The summed E-state index contributed by atoms with van der Waals surface area (Å²) in [5, 5.41) is 5.04. The van der Waals surface area contributed by atoms with E-state index in [1.807, 2.05) is 97.1 Å². The van der Waals surface area contributed by atoms with Crippen LogP contribution in [0, 0.1) is 0 Å². The van der Waals surface area contributed by atoms with E-state index in [-0.39, 0.29) is 25.0 Å². The van der Waals surface area contributed by atoms with Gasteiger partial charge in [-0.3, -0.25) is 9.59 Å².